The van der Waals surface area contributed by atoms with Crippen molar-refractivity contribution in [3.63, 3.8) is 0 Å². The number of aromatic nitrogens is 4. The van der Waals surface area contributed by atoms with Gasteiger partial charge < -0.3 is 24.0 Å². The van der Waals surface area contributed by atoms with Gasteiger partial charge >= 0.3 is 11.9 Å². The zero-order valence-electron chi connectivity index (χ0n) is 44.5. The van der Waals surface area contributed by atoms with Crippen LogP contribution in [0.1, 0.15) is 76.3 Å². The van der Waals surface area contributed by atoms with Crippen molar-refractivity contribution in [1.29, 1.82) is 0 Å². The van der Waals surface area contributed by atoms with Gasteiger partial charge in [0.15, 0.2) is 10.3 Å². The molecule has 15 heteroatoms. The van der Waals surface area contributed by atoms with Gasteiger partial charge in [0.2, 0.25) is 9.84 Å². The molecule has 6 aromatic carbocycles. The summed E-state index contributed by atoms with van der Waals surface area (Å²) in [6.45, 7) is 26.7. The number of nitrogens with zero attached hydrogens (tertiary/aromatic N) is 5. The molecule has 1 N–H and O–H groups in total. The third-order valence-electron chi connectivity index (χ3n) is 12.2. The summed E-state index contributed by atoms with van der Waals surface area (Å²) in [5.41, 5.74) is 8.17. The molecular formula is C62H64ClN5O8S. The van der Waals surface area contributed by atoms with E-state index >= 15 is 0 Å². The fraction of sp³-hybridized carbons (Fsp3) is 0.210. The van der Waals surface area contributed by atoms with Gasteiger partial charge in [-0.2, -0.15) is 0 Å². The third-order valence-corrected chi connectivity index (χ3v) is 14.2. The average molecular weight is 1070 g/mol. The number of pyridine rings is 1. The Morgan fingerprint density at radius 2 is 1.38 bits per heavy atom. The summed E-state index contributed by atoms with van der Waals surface area (Å²) in [5, 5.41) is 21.8. The van der Waals surface area contributed by atoms with Crippen molar-refractivity contribution in [2.45, 2.75) is 71.9 Å². The lowest BCUT2D eigenvalue weighted by molar-refractivity contribution is -0.140. The van der Waals surface area contributed by atoms with Crippen LogP contribution in [0.2, 0.25) is 5.02 Å². The molecule has 0 fully saturated rings. The molecule has 0 radical (unpaired) electrons. The molecule has 0 aliphatic rings. The first-order chi connectivity index (χ1) is 36.7. The molecule has 0 bridgehead atoms. The molecule has 0 amide bonds. The highest BCUT2D eigenvalue weighted by Crippen LogP contribution is 2.37. The smallest absolute Gasteiger partial charge is 0.350 e. The molecule has 2 aromatic heterocycles. The minimum Gasteiger partial charge on any atom is -0.505 e. The monoisotopic (exact) mass is 1070 g/mol. The highest BCUT2D eigenvalue weighted by molar-refractivity contribution is 7.96. The Kier molecular flexibility index (Phi) is 19.5. The molecule has 77 heavy (non-hydrogen) atoms. The molecule has 0 saturated carbocycles. The number of hydrogen-bond acceptors (Lipinski definition) is 11. The van der Waals surface area contributed by atoms with Gasteiger partial charge in [-0.25, -0.2) is 18.0 Å². The van der Waals surface area contributed by atoms with Gasteiger partial charge in [0, 0.05) is 46.6 Å². The van der Waals surface area contributed by atoms with Gasteiger partial charge in [0.1, 0.15) is 29.1 Å². The van der Waals surface area contributed by atoms with E-state index in [2.05, 4.69) is 46.6 Å². The average Bonchev–Trinajstić information content (AvgIpc) is 3.85. The van der Waals surface area contributed by atoms with E-state index in [4.69, 9.17) is 21.1 Å². The molecule has 0 unspecified atom stereocenters. The standard InChI is InChI=1S/C22H17NO.C21H22ClN3O3.C19H25NO4S/c1-2-16-8-7-9-17(14-16)15-23-20-12-5-3-10-18(20)22(24)19-11-4-6-13-21(19)23;1-12(2)20(27)28-11-13-8-15(21(3,4)5)19(26)18(9-13)25-23-16-7-6-14(22)10-17(16)24-25;1-5-16-11-13-17(14-12-16)25(22,23)18(19(21)24-8-4)10-9-15-20(6-2)7-3/h2-14H,1,15H2;6-10,26H,1,11H2,2-5H3;5,9-15H,1,6-8H2,2-4H3/b;;15-9+,18-10-. The summed E-state index contributed by atoms with van der Waals surface area (Å²) in [6, 6.07) is 38.9. The quantitative estimate of drug-likeness (QED) is 0.0424. The van der Waals surface area contributed by atoms with E-state index in [1.807, 2.05) is 112 Å². The van der Waals surface area contributed by atoms with Crippen LogP contribution in [-0.2, 0) is 47.5 Å². The number of esters is 2. The molecule has 0 aliphatic heterocycles. The van der Waals surface area contributed by atoms with Crippen LogP contribution in [0.25, 0.3) is 50.7 Å². The van der Waals surface area contributed by atoms with Gasteiger partial charge in [-0.05, 0) is 147 Å². The highest BCUT2D eigenvalue weighted by atomic mass is 35.5. The first kappa shape index (κ1) is 57.9. The Balaban J connectivity index is 0.000000188. The zero-order chi connectivity index (χ0) is 56.0. The second-order valence-corrected chi connectivity index (χ2v) is 21.1. The third kappa shape index (κ3) is 14.3. The number of rotatable bonds is 16. The molecule has 2 heterocycles. The Labute approximate surface area is 455 Å². The second kappa shape index (κ2) is 25.9. The maximum atomic E-state index is 12.8. The van der Waals surface area contributed by atoms with Crippen LogP contribution < -0.4 is 5.43 Å². The lowest BCUT2D eigenvalue weighted by Gasteiger charge is -2.23. The van der Waals surface area contributed by atoms with E-state index in [0.29, 0.717) is 45.0 Å². The van der Waals surface area contributed by atoms with Crippen molar-refractivity contribution in [3.05, 3.63) is 219 Å². The fourth-order valence-corrected chi connectivity index (χ4v) is 9.52. The Morgan fingerprint density at radius 3 is 1.96 bits per heavy atom. The highest BCUT2D eigenvalue weighted by Gasteiger charge is 2.28. The number of fused-ring (bicyclic) bond motifs is 3. The number of aromatic hydroxyl groups is 1. The molecule has 0 spiro atoms. The fourth-order valence-electron chi connectivity index (χ4n) is 8.07. The van der Waals surface area contributed by atoms with Crippen LogP contribution >= 0.6 is 11.6 Å². The van der Waals surface area contributed by atoms with Gasteiger partial charge in [0.25, 0.3) is 0 Å². The summed E-state index contributed by atoms with van der Waals surface area (Å²) in [7, 11) is -3.98. The maximum Gasteiger partial charge on any atom is 0.350 e. The van der Waals surface area contributed by atoms with E-state index in [-0.39, 0.29) is 39.6 Å². The zero-order valence-corrected chi connectivity index (χ0v) is 46.1. The van der Waals surface area contributed by atoms with Crippen LogP contribution in [-0.4, -0.2) is 69.6 Å². The molecule has 0 atom stereocenters. The van der Waals surface area contributed by atoms with Crippen molar-refractivity contribution in [2.75, 3.05) is 19.7 Å². The van der Waals surface area contributed by atoms with Crippen LogP contribution in [0.5, 0.6) is 5.75 Å². The van der Waals surface area contributed by atoms with Crippen LogP contribution in [0.3, 0.4) is 0 Å². The van der Waals surface area contributed by atoms with E-state index in [0.717, 1.165) is 46.0 Å². The van der Waals surface area contributed by atoms with Crippen molar-refractivity contribution in [1.82, 2.24) is 24.5 Å². The molecule has 8 rings (SSSR count). The topological polar surface area (TPSA) is 163 Å². The van der Waals surface area contributed by atoms with E-state index in [9.17, 15) is 27.9 Å². The van der Waals surface area contributed by atoms with E-state index in [1.165, 1.54) is 28.6 Å². The number of phenols is 1. The van der Waals surface area contributed by atoms with Crippen molar-refractivity contribution in [3.8, 4) is 11.4 Å². The largest absolute Gasteiger partial charge is 0.505 e. The van der Waals surface area contributed by atoms with Gasteiger partial charge in [-0.15, -0.1) is 15.0 Å². The molecule has 0 aliphatic carbocycles. The molecule has 13 nitrogen and oxygen atoms in total. The number of allylic oxidation sites excluding steroid dienone is 2. The number of para-hydroxylation sites is 2. The Morgan fingerprint density at radius 1 is 0.753 bits per heavy atom. The van der Waals surface area contributed by atoms with Crippen molar-refractivity contribution >= 4 is 78.4 Å². The number of carbonyl (C=O) groups excluding carboxylic acids is 2. The summed E-state index contributed by atoms with van der Waals surface area (Å²) < 4.78 is 38.0. The van der Waals surface area contributed by atoms with Crippen LogP contribution in [0.4, 0.5) is 0 Å². The van der Waals surface area contributed by atoms with Gasteiger partial charge in [-0.3, -0.25) is 4.79 Å². The SMILES string of the molecule is C=C(C)C(=O)OCc1cc(-n2nc3ccc(Cl)cc3n2)c(O)c(C(C)(C)C)c1.C=Cc1ccc(S(=O)(=O)/C(=C\C=C\N(CC)CC)C(=O)OCC)cc1.C=Cc1cccc(Cn2c3ccccc3c(=O)c3ccccc32)c1. The first-order valence-corrected chi connectivity index (χ1v) is 26.8. The number of sulfone groups is 1. The number of ether oxygens (including phenoxy) is 2. The van der Waals surface area contributed by atoms with Crippen molar-refractivity contribution in [2.24, 2.45) is 0 Å². The number of hydrogen-bond donors (Lipinski definition) is 1. The Bertz CT molecular complexity index is 3660. The Hall–Kier alpha value is -8.33. The molecule has 0 saturated heterocycles. The predicted octanol–water partition coefficient (Wildman–Crippen LogP) is 12.9. The van der Waals surface area contributed by atoms with E-state index < -0.39 is 21.8 Å². The first-order valence-electron chi connectivity index (χ1n) is 24.9. The van der Waals surface area contributed by atoms with E-state index in [1.54, 1.807) is 68.6 Å². The summed E-state index contributed by atoms with van der Waals surface area (Å²) in [4.78, 5) is 39.7. The number of benzene rings is 6. The van der Waals surface area contributed by atoms with Crippen LogP contribution in [0.15, 0.2) is 186 Å². The van der Waals surface area contributed by atoms with Crippen molar-refractivity contribution < 1.29 is 32.6 Å². The number of carbonyl (C=O) groups is 2. The molecule has 398 valence electrons. The number of halogens is 1. The lowest BCUT2D eigenvalue weighted by atomic mass is 9.85. The van der Waals surface area contributed by atoms with Crippen LogP contribution in [0, 0.1) is 0 Å². The second-order valence-electron chi connectivity index (χ2n) is 18.7. The summed E-state index contributed by atoms with van der Waals surface area (Å²) in [5.74, 6) is -1.25. The molecule has 8 aromatic rings. The van der Waals surface area contributed by atoms with Gasteiger partial charge in [-0.1, -0.05) is 119 Å². The maximum absolute atomic E-state index is 12.8. The minimum atomic E-state index is -3.98. The predicted molar refractivity (Wildman–Crippen MR) is 311 cm³/mol. The normalized spacial score (nSPS) is 11.6. The van der Waals surface area contributed by atoms with Gasteiger partial charge in [0.05, 0.1) is 22.5 Å². The lowest BCUT2D eigenvalue weighted by Crippen LogP contribution is -2.17. The summed E-state index contributed by atoms with van der Waals surface area (Å²) in [6.07, 6.45) is 8.05. The molecular weight excluding hydrogens is 1010 g/mol. The summed E-state index contributed by atoms with van der Waals surface area (Å²) >= 11 is 6.03. The number of phenolic OH excluding ortho intramolecular Hbond substituents is 1. The minimum absolute atomic E-state index is 0.0358.